The number of likely N-dealkylation sites (tertiary alicyclic amines) is 2. The summed E-state index contributed by atoms with van der Waals surface area (Å²) in [7, 11) is 0. The van der Waals surface area contributed by atoms with Crippen LogP contribution in [0.25, 0.3) is 0 Å². The highest BCUT2D eigenvalue weighted by molar-refractivity contribution is 9.10. The van der Waals surface area contributed by atoms with Gasteiger partial charge in [-0.3, -0.25) is 9.59 Å². The van der Waals surface area contributed by atoms with Crippen molar-refractivity contribution < 1.29 is 9.59 Å². The summed E-state index contributed by atoms with van der Waals surface area (Å²) in [4.78, 5) is 29.6. The number of piperidine rings is 2. The molecule has 1 aromatic carbocycles. The van der Waals surface area contributed by atoms with Crippen molar-refractivity contribution in [2.24, 2.45) is 11.8 Å². The van der Waals surface area contributed by atoms with Crippen molar-refractivity contribution in [2.75, 3.05) is 13.1 Å². The molecular formula is C21H25BrN2O2. The summed E-state index contributed by atoms with van der Waals surface area (Å²) in [5.74, 6) is 1.73. The van der Waals surface area contributed by atoms with E-state index in [1.165, 1.54) is 18.4 Å². The molecule has 26 heavy (non-hydrogen) atoms. The fourth-order valence-electron chi connectivity index (χ4n) is 5.10. The number of nitrogens with zero attached hydrogens (tertiary/aromatic N) is 2. The molecule has 5 rings (SSSR count). The van der Waals surface area contributed by atoms with E-state index in [0.717, 1.165) is 36.8 Å². The van der Waals surface area contributed by atoms with Gasteiger partial charge in [0.2, 0.25) is 11.8 Å². The van der Waals surface area contributed by atoms with Crippen LogP contribution in [0.15, 0.2) is 28.7 Å². The van der Waals surface area contributed by atoms with Gasteiger partial charge in [0.05, 0.1) is 0 Å². The molecule has 4 nitrogen and oxygen atoms in total. The fraction of sp³-hybridized carbons (Fsp3) is 0.619. The highest BCUT2D eigenvalue weighted by Crippen LogP contribution is 2.49. The van der Waals surface area contributed by atoms with E-state index in [0.29, 0.717) is 42.2 Å². The summed E-state index contributed by atoms with van der Waals surface area (Å²) in [5, 5.41) is 0. The normalized spacial score (nSPS) is 33.8. The number of rotatable bonds is 3. The predicted octanol–water partition coefficient (Wildman–Crippen LogP) is 3.55. The summed E-state index contributed by atoms with van der Waals surface area (Å²) in [5.41, 5.74) is 1.28. The second-order valence-corrected chi connectivity index (χ2v) is 9.39. The van der Waals surface area contributed by atoms with Gasteiger partial charge in [0.15, 0.2) is 0 Å². The molecule has 5 heteroatoms. The minimum atomic E-state index is 0.164. The van der Waals surface area contributed by atoms with E-state index in [-0.39, 0.29) is 5.92 Å². The molecule has 4 fully saturated rings. The quantitative estimate of drug-likeness (QED) is 0.755. The predicted molar refractivity (Wildman–Crippen MR) is 103 cm³/mol. The number of carbonyl (C=O) groups is 2. The molecule has 2 saturated carbocycles. The van der Waals surface area contributed by atoms with Gasteiger partial charge in [-0.05, 0) is 61.6 Å². The second kappa shape index (κ2) is 6.36. The Bertz CT molecular complexity index is 730. The average molecular weight is 417 g/mol. The molecule has 0 aromatic heterocycles. The van der Waals surface area contributed by atoms with Crippen molar-refractivity contribution >= 4 is 27.7 Å². The van der Waals surface area contributed by atoms with E-state index >= 15 is 0 Å². The first-order valence-corrected chi connectivity index (χ1v) is 10.8. The first kappa shape index (κ1) is 16.8. The number of benzene rings is 1. The van der Waals surface area contributed by atoms with Crippen LogP contribution in [0.3, 0.4) is 0 Å². The molecule has 2 saturated heterocycles. The molecule has 0 N–H and O–H groups in total. The van der Waals surface area contributed by atoms with Gasteiger partial charge < -0.3 is 9.80 Å². The Morgan fingerprint density at radius 1 is 1.08 bits per heavy atom. The van der Waals surface area contributed by atoms with Crippen LogP contribution < -0.4 is 0 Å². The minimum Gasteiger partial charge on any atom is -0.342 e. The maximum absolute atomic E-state index is 13.0. The molecule has 2 amide bonds. The lowest BCUT2D eigenvalue weighted by molar-refractivity contribution is -0.145. The molecule has 2 aliphatic heterocycles. The van der Waals surface area contributed by atoms with Gasteiger partial charge in [-0.25, -0.2) is 0 Å². The highest BCUT2D eigenvalue weighted by Gasteiger charge is 2.49. The van der Waals surface area contributed by atoms with Crippen molar-refractivity contribution in [3.8, 4) is 0 Å². The lowest BCUT2D eigenvalue weighted by Gasteiger charge is -2.47. The summed E-state index contributed by atoms with van der Waals surface area (Å²) < 4.78 is 1.08. The molecule has 4 aliphatic rings. The molecule has 0 bridgehead atoms. The van der Waals surface area contributed by atoms with E-state index in [2.05, 4.69) is 50.0 Å². The zero-order chi connectivity index (χ0) is 17.8. The van der Waals surface area contributed by atoms with Crippen LogP contribution in [0, 0.1) is 11.8 Å². The number of fused-ring (bicyclic) bond motifs is 1. The summed E-state index contributed by atoms with van der Waals surface area (Å²) in [6.07, 6.45) is 5.93. The molecular weight excluding hydrogens is 392 g/mol. The molecule has 4 unspecified atom stereocenters. The zero-order valence-electron chi connectivity index (χ0n) is 14.9. The Balaban J connectivity index is 1.23. The molecule has 0 spiro atoms. The van der Waals surface area contributed by atoms with E-state index in [1.807, 2.05) is 0 Å². The monoisotopic (exact) mass is 416 g/mol. The van der Waals surface area contributed by atoms with Crippen molar-refractivity contribution in [2.45, 2.75) is 56.5 Å². The van der Waals surface area contributed by atoms with Gasteiger partial charge in [0.25, 0.3) is 0 Å². The first-order valence-electron chi connectivity index (χ1n) is 9.97. The third-order valence-corrected chi connectivity index (χ3v) is 7.25. The molecule has 4 atom stereocenters. The number of carbonyl (C=O) groups excluding carboxylic acids is 2. The van der Waals surface area contributed by atoms with Gasteiger partial charge in [0, 0.05) is 42.0 Å². The number of hydrogen-bond donors (Lipinski definition) is 0. The minimum absolute atomic E-state index is 0.164. The van der Waals surface area contributed by atoms with Crippen LogP contribution in [0.2, 0.25) is 0 Å². The number of amides is 2. The van der Waals surface area contributed by atoms with Gasteiger partial charge in [-0.15, -0.1) is 0 Å². The van der Waals surface area contributed by atoms with Crippen LogP contribution in [0.5, 0.6) is 0 Å². The largest absolute Gasteiger partial charge is 0.342 e. The topological polar surface area (TPSA) is 40.6 Å². The molecule has 2 aliphatic carbocycles. The van der Waals surface area contributed by atoms with Crippen LogP contribution in [0.4, 0.5) is 0 Å². The fourth-order valence-corrected chi connectivity index (χ4v) is 5.37. The van der Waals surface area contributed by atoms with Crippen LogP contribution in [-0.4, -0.2) is 46.8 Å². The Kier molecular flexibility index (Phi) is 4.11. The van der Waals surface area contributed by atoms with Crippen LogP contribution in [0.1, 0.15) is 50.0 Å². The van der Waals surface area contributed by atoms with Gasteiger partial charge in [0.1, 0.15) is 0 Å². The van der Waals surface area contributed by atoms with Gasteiger partial charge >= 0.3 is 0 Å². The lowest BCUT2D eigenvalue weighted by atomic mass is 9.83. The smallest absolute Gasteiger partial charge is 0.226 e. The second-order valence-electron chi connectivity index (χ2n) is 8.47. The first-order chi connectivity index (χ1) is 12.6. The van der Waals surface area contributed by atoms with Gasteiger partial charge in [-0.2, -0.15) is 0 Å². The van der Waals surface area contributed by atoms with Crippen LogP contribution >= 0.6 is 15.9 Å². The number of hydrogen-bond acceptors (Lipinski definition) is 2. The Morgan fingerprint density at radius 2 is 1.85 bits per heavy atom. The molecule has 0 radical (unpaired) electrons. The molecule has 2 heterocycles. The Labute approximate surface area is 163 Å². The van der Waals surface area contributed by atoms with Crippen molar-refractivity contribution in [3.63, 3.8) is 0 Å². The zero-order valence-corrected chi connectivity index (χ0v) is 16.5. The molecule has 138 valence electrons. The van der Waals surface area contributed by atoms with E-state index < -0.39 is 0 Å². The third-order valence-electron chi connectivity index (χ3n) is 6.73. The van der Waals surface area contributed by atoms with Crippen molar-refractivity contribution in [1.29, 1.82) is 0 Å². The summed E-state index contributed by atoms with van der Waals surface area (Å²) >= 11 is 3.47. The van der Waals surface area contributed by atoms with Gasteiger partial charge in [-0.1, -0.05) is 28.1 Å². The van der Waals surface area contributed by atoms with Crippen LogP contribution in [-0.2, 0) is 9.59 Å². The Hall–Kier alpha value is -1.36. The summed E-state index contributed by atoms with van der Waals surface area (Å²) in [6, 6.07) is 9.28. The summed E-state index contributed by atoms with van der Waals surface area (Å²) in [6.45, 7) is 1.67. The van der Waals surface area contributed by atoms with E-state index in [9.17, 15) is 9.59 Å². The average Bonchev–Trinajstić information content (AvgIpc) is 3.54. The van der Waals surface area contributed by atoms with Crippen molar-refractivity contribution in [1.82, 2.24) is 9.80 Å². The molecule has 1 aromatic rings. The maximum Gasteiger partial charge on any atom is 0.226 e. The SMILES string of the molecule is O=C(C1CC1c1ccc(Br)cc1)N1CCC2C(CCC(=O)N2C2CC2)C1. The Morgan fingerprint density at radius 3 is 2.58 bits per heavy atom. The van der Waals surface area contributed by atoms with Crippen molar-refractivity contribution in [3.05, 3.63) is 34.3 Å². The standard InChI is InChI=1S/C21H25BrN2O2/c22-15-4-1-13(2-5-15)17-11-18(17)21(26)23-10-9-19-14(12-23)3-8-20(25)24(19)16-6-7-16/h1-2,4-5,14,16-19H,3,6-12H2. The number of halogens is 1. The third kappa shape index (κ3) is 2.98. The van der Waals surface area contributed by atoms with E-state index in [1.54, 1.807) is 0 Å². The maximum atomic E-state index is 13.0. The highest BCUT2D eigenvalue weighted by atomic mass is 79.9. The lowest BCUT2D eigenvalue weighted by Crippen LogP contribution is -2.57. The van der Waals surface area contributed by atoms with E-state index in [4.69, 9.17) is 0 Å².